The SMILES string of the molecule is CS(=O)(=O)c1ccc(F)c(NC2CCNCC2)c1. The van der Waals surface area contributed by atoms with Crippen molar-refractivity contribution in [2.24, 2.45) is 0 Å². The number of halogens is 1. The highest BCUT2D eigenvalue weighted by Crippen LogP contribution is 2.21. The second-order valence-corrected chi connectivity index (χ2v) is 6.60. The molecule has 1 aliphatic rings. The largest absolute Gasteiger partial charge is 0.380 e. The van der Waals surface area contributed by atoms with Crippen LogP contribution in [-0.2, 0) is 9.84 Å². The number of nitrogens with one attached hydrogen (secondary N) is 2. The van der Waals surface area contributed by atoms with Gasteiger partial charge in [-0.3, -0.25) is 0 Å². The summed E-state index contributed by atoms with van der Waals surface area (Å²) in [5, 5.41) is 6.30. The molecule has 2 N–H and O–H groups in total. The second kappa shape index (κ2) is 5.24. The van der Waals surface area contributed by atoms with Gasteiger partial charge in [0.15, 0.2) is 9.84 Å². The van der Waals surface area contributed by atoms with Gasteiger partial charge in [-0.25, -0.2) is 12.8 Å². The van der Waals surface area contributed by atoms with E-state index in [1.807, 2.05) is 0 Å². The van der Waals surface area contributed by atoms with Crippen molar-refractivity contribution in [1.82, 2.24) is 5.32 Å². The van der Waals surface area contributed by atoms with Crippen molar-refractivity contribution in [3.8, 4) is 0 Å². The molecule has 0 bridgehead atoms. The maximum absolute atomic E-state index is 13.6. The van der Waals surface area contributed by atoms with Crippen LogP contribution >= 0.6 is 0 Å². The van der Waals surface area contributed by atoms with Gasteiger partial charge in [0.1, 0.15) is 5.82 Å². The molecule has 0 amide bonds. The van der Waals surface area contributed by atoms with E-state index in [0.29, 0.717) is 0 Å². The summed E-state index contributed by atoms with van der Waals surface area (Å²) in [7, 11) is -3.30. The van der Waals surface area contributed by atoms with Gasteiger partial charge in [-0.15, -0.1) is 0 Å². The minimum Gasteiger partial charge on any atom is -0.380 e. The van der Waals surface area contributed by atoms with Crippen LogP contribution in [0.4, 0.5) is 10.1 Å². The Morgan fingerprint density at radius 2 is 2.00 bits per heavy atom. The van der Waals surface area contributed by atoms with Crippen LogP contribution in [0.15, 0.2) is 23.1 Å². The highest BCUT2D eigenvalue weighted by atomic mass is 32.2. The van der Waals surface area contributed by atoms with Crippen molar-refractivity contribution in [1.29, 1.82) is 0 Å². The maximum atomic E-state index is 13.6. The van der Waals surface area contributed by atoms with E-state index in [0.717, 1.165) is 32.2 Å². The average molecular weight is 272 g/mol. The zero-order chi connectivity index (χ0) is 13.2. The fourth-order valence-corrected chi connectivity index (χ4v) is 2.68. The number of anilines is 1. The Morgan fingerprint density at radius 1 is 1.33 bits per heavy atom. The topological polar surface area (TPSA) is 58.2 Å². The third-order valence-electron chi connectivity index (χ3n) is 3.06. The fraction of sp³-hybridized carbons (Fsp3) is 0.500. The van der Waals surface area contributed by atoms with Crippen LogP contribution in [0.2, 0.25) is 0 Å². The molecule has 0 unspecified atom stereocenters. The summed E-state index contributed by atoms with van der Waals surface area (Å²) in [5.74, 6) is -0.416. The van der Waals surface area contributed by atoms with Crippen LogP contribution in [0.3, 0.4) is 0 Å². The molecule has 2 rings (SSSR count). The molecule has 0 spiro atoms. The van der Waals surface area contributed by atoms with E-state index < -0.39 is 15.7 Å². The van der Waals surface area contributed by atoms with E-state index in [4.69, 9.17) is 0 Å². The van der Waals surface area contributed by atoms with E-state index in [1.165, 1.54) is 18.2 Å². The van der Waals surface area contributed by atoms with Crippen LogP contribution in [0.5, 0.6) is 0 Å². The summed E-state index contributed by atoms with van der Waals surface area (Å²) >= 11 is 0. The molecule has 18 heavy (non-hydrogen) atoms. The molecule has 1 saturated heterocycles. The summed E-state index contributed by atoms with van der Waals surface area (Å²) < 4.78 is 36.5. The molecular weight excluding hydrogens is 255 g/mol. The van der Waals surface area contributed by atoms with E-state index in [9.17, 15) is 12.8 Å². The predicted molar refractivity (Wildman–Crippen MR) is 69.0 cm³/mol. The first-order valence-corrected chi connectivity index (χ1v) is 7.83. The minimum absolute atomic E-state index is 0.139. The van der Waals surface area contributed by atoms with Crippen LogP contribution in [0.25, 0.3) is 0 Å². The second-order valence-electron chi connectivity index (χ2n) is 4.58. The summed E-state index contributed by atoms with van der Waals surface area (Å²) in [6, 6.07) is 4.04. The zero-order valence-corrected chi connectivity index (χ0v) is 11.1. The Hall–Kier alpha value is -1.14. The molecule has 1 heterocycles. The van der Waals surface area contributed by atoms with Gasteiger partial charge in [0, 0.05) is 12.3 Å². The average Bonchev–Trinajstić information content (AvgIpc) is 2.32. The van der Waals surface area contributed by atoms with Crippen LogP contribution < -0.4 is 10.6 Å². The Morgan fingerprint density at radius 3 is 2.61 bits per heavy atom. The highest BCUT2D eigenvalue weighted by Gasteiger charge is 2.16. The Kier molecular flexibility index (Phi) is 3.87. The number of benzene rings is 1. The predicted octanol–water partition coefficient (Wildman–Crippen LogP) is 1.39. The lowest BCUT2D eigenvalue weighted by molar-refractivity contribution is 0.476. The lowest BCUT2D eigenvalue weighted by Gasteiger charge is -2.25. The maximum Gasteiger partial charge on any atom is 0.175 e. The quantitative estimate of drug-likeness (QED) is 0.817. The molecule has 1 aromatic carbocycles. The van der Waals surface area contributed by atoms with E-state index >= 15 is 0 Å². The van der Waals surface area contributed by atoms with Gasteiger partial charge in [0.25, 0.3) is 0 Å². The van der Waals surface area contributed by atoms with Gasteiger partial charge in [0.2, 0.25) is 0 Å². The fourth-order valence-electron chi connectivity index (χ4n) is 2.03. The molecule has 100 valence electrons. The van der Waals surface area contributed by atoms with E-state index in [2.05, 4.69) is 10.6 Å². The summed E-state index contributed by atoms with van der Waals surface area (Å²) in [4.78, 5) is 0.139. The highest BCUT2D eigenvalue weighted by molar-refractivity contribution is 7.90. The molecule has 1 aliphatic heterocycles. The lowest BCUT2D eigenvalue weighted by atomic mass is 10.1. The van der Waals surface area contributed by atoms with Gasteiger partial charge in [-0.1, -0.05) is 0 Å². The zero-order valence-electron chi connectivity index (χ0n) is 10.2. The third-order valence-corrected chi connectivity index (χ3v) is 4.17. The molecule has 1 aromatic rings. The third kappa shape index (κ3) is 3.20. The molecule has 0 atom stereocenters. The Labute approximate surface area is 107 Å². The van der Waals surface area contributed by atoms with E-state index in [-0.39, 0.29) is 16.6 Å². The standard InChI is InChI=1S/C12H17FN2O2S/c1-18(16,17)10-2-3-11(13)12(8-10)15-9-4-6-14-7-5-9/h2-3,8-9,14-15H,4-7H2,1H3. The number of hydrogen-bond acceptors (Lipinski definition) is 4. The van der Waals surface area contributed by atoms with Crippen molar-refractivity contribution in [3.05, 3.63) is 24.0 Å². The molecule has 6 heteroatoms. The Balaban J connectivity index is 2.21. The Bertz CT molecular complexity index is 525. The van der Waals surface area contributed by atoms with Crippen molar-refractivity contribution < 1.29 is 12.8 Å². The van der Waals surface area contributed by atoms with Crippen LogP contribution in [0, 0.1) is 5.82 Å². The van der Waals surface area contributed by atoms with Crippen LogP contribution in [0.1, 0.15) is 12.8 Å². The number of sulfone groups is 1. The minimum atomic E-state index is -3.30. The molecule has 0 aromatic heterocycles. The van der Waals surface area contributed by atoms with Gasteiger partial charge in [0.05, 0.1) is 10.6 Å². The number of rotatable bonds is 3. The van der Waals surface area contributed by atoms with Crippen molar-refractivity contribution >= 4 is 15.5 Å². The molecule has 0 radical (unpaired) electrons. The van der Waals surface area contributed by atoms with Crippen molar-refractivity contribution in [3.63, 3.8) is 0 Å². The molecule has 0 aliphatic carbocycles. The number of piperidine rings is 1. The van der Waals surface area contributed by atoms with Gasteiger partial charge < -0.3 is 10.6 Å². The molecular formula is C12H17FN2O2S. The molecule has 0 saturated carbocycles. The smallest absolute Gasteiger partial charge is 0.175 e. The van der Waals surface area contributed by atoms with Crippen molar-refractivity contribution in [2.45, 2.75) is 23.8 Å². The monoisotopic (exact) mass is 272 g/mol. The van der Waals surface area contributed by atoms with Crippen molar-refractivity contribution in [2.75, 3.05) is 24.7 Å². The molecule has 1 fully saturated rings. The van der Waals surface area contributed by atoms with E-state index in [1.54, 1.807) is 0 Å². The first-order valence-electron chi connectivity index (χ1n) is 5.94. The first-order chi connectivity index (χ1) is 8.47. The lowest BCUT2D eigenvalue weighted by Crippen LogP contribution is -2.35. The summed E-state index contributed by atoms with van der Waals surface area (Å²) in [6.07, 6.45) is 2.93. The summed E-state index contributed by atoms with van der Waals surface area (Å²) in [5.41, 5.74) is 0.268. The van der Waals surface area contributed by atoms with Gasteiger partial charge in [-0.05, 0) is 44.1 Å². The molecule has 4 nitrogen and oxygen atoms in total. The first kappa shape index (κ1) is 13.3. The van der Waals surface area contributed by atoms with Gasteiger partial charge in [-0.2, -0.15) is 0 Å². The summed E-state index contributed by atoms with van der Waals surface area (Å²) in [6.45, 7) is 1.79. The van der Waals surface area contributed by atoms with Crippen LogP contribution in [-0.4, -0.2) is 33.8 Å². The number of hydrogen-bond donors (Lipinski definition) is 2. The van der Waals surface area contributed by atoms with Gasteiger partial charge >= 0.3 is 0 Å². The normalized spacial score (nSPS) is 17.7.